The molecule has 1 saturated heterocycles. The molecular weight excluding hydrogens is 324 g/mol. The van der Waals surface area contributed by atoms with Crippen molar-refractivity contribution in [3.8, 4) is 0 Å². The standard InChI is InChI=1S/C17H20N4O2S/c1-12-2-4-15(5-3-12)24-7-6-18-17(23)13-8-16(22)21(11-13)14-9-19-20-10-14/h2-5,9-10,13H,6-8,11H2,1H3,(H,18,23)(H,19,20). The summed E-state index contributed by atoms with van der Waals surface area (Å²) in [6.07, 6.45) is 3.51. The van der Waals surface area contributed by atoms with Gasteiger partial charge in [0.25, 0.3) is 0 Å². The highest BCUT2D eigenvalue weighted by molar-refractivity contribution is 7.99. The third-order valence-corrected chi connectivity index (χ3v) is 5.00. The van der Waals surface area contributed by atoms with E-state index in [1.54, 1.807) is 29.1 Å². The predicted octanol–water partition coefficient (Wildman–Crippen LogP) is 1.98. The van der Waals surface area contributed by atoms with Crippen LogP contribution >= 0.6 is 11.8 Å². The van der Waals surface area contributed by atoms with E-state index >= 15 is 0 Å². The first-order valence-corrected chi connectivity index (χ1v) is 8.88. The van der Waals surface area contributed by atoms with E-state index < -0.39 is 0 Å². The quantitative estimate of drug-likeness (QED) is 0.620. The molecule has 0 saturated carbocycles. The maximum atomic E-state index is 12.2. The second-order valence-electron chi connectivity index (χ2n) is 5.81. The fourth-order valence-electron chi connectivity index (χ4n) is 2.65. The maximum Gasteiger partial charge on any atom is 0.227 e. The van der Waals surface area contributed by atoms with Gasteiger partial charge in [0.05, 0.1) is 17.8 Å². The van der Waals surface area contributed by atoms with Gasteiger partial charge in [-0.05, 0) is 19.1 Å². The van der Waals surface area contributed by atoms with Crippen molar-refractivity contribution in [2.75, 3.05) is 23.7 Å². The van der Waals surface area contributed by atoms with E-state index in [0.29, 0.717) is 18.8 Å². The molecule has 1 atom stereocenters. The van der Waals surface area contributed by atoms with Gasteiger partial charge in [-0.2, -0.15) is 5.10 Å². The van der Waals surface area contributed by atoms with Crippen molar-refractivity contribution < 1.29 is 9.59 Å². The van der Waals surface area contributed by atoms with E-state index in [0.717, 1.165) is 5.75 Å². The van der Waals surface area contributed by atoms with Gasteiger partial charge in [-0.3, -0.25) is 14.7 Å². The topological polar surface area (TPSA) is 78.1 Å². The number of anilines is 1. The Morgan fingerprint density at radius 1 is 1.42 bits per heavy atom. The van der Waals surface area contributed by atoms with Gasteiger partial charge in [0.15, 0.2) is 0 Å². The number of carbonyl (C=O) groups is 2. The van der Waals surface area contributed by atoms with Crippen LogP contribution in [-0.2, 0) is 9.59 Å². The van der Waals surface area contributed by atoms with Crippen LogP contribution in [0.4, 0.5) is 5.69 Å². The Morgan fingerprint density at radius 2 is 2.21 bits per heavy atom. The number of nitrogens with zero attached hydrogens (tertiary/aromatic N) is 2. The predicted molar refractivity (Wildman–Crippen MR) is 94.0 cm³/mol. The van der Waals surface area contributed by atoms with Gasteiger partial charge in [-0.1, -0.05) is 17.7 Å². The molecule has 1 unspecified atom stereocenters. The Morgan fingerprint density at radius 3 is 2.92 bits per heavy atom. The molecule has 2 heterocycles. The van der Waals surface area contributed by atoms with E-state index in [1.165, 1.54) is 10.5 Å². The fraction of sp³-hybridized carbons (Fsp3) is 0.353. The Kier molecular flexibility index (Phi) is 5.20. The molecule has 24 heavy (non-hydrogen) atoms. The average molecular weight is 344 g/mol. The highest BCUT2D eigenvalue weighted by Gasteiger charge is 2.35. The van der Waals surface area contributed by atoms with Crippen molar-refractivity contribution >= 4 is 29.3 Å². The molecule has 1 aliphatic rings. The zero-order valence-corrected chi connectivity index (χ0v) is 14.3. The summed E-state index contributed by atoms with van der Waals surface area (Å²) < 4.78 is 0. The van der Waals surface area contributed by atoms with Crippen LogP contribution in [0.15, 0.2) is 41.6 Å². The maximum absolute atomic E-state index is 12.2. The normalized spacial score (nSPS) is 17.3. The summed E-state index contributed by atoms with van der Waals surface area (Å²) >= 11 is 1.71. The number of amides is 2. The largest absolute Gasteiger partial charge is 0.355 e. The number of H-pyrrole nitrogens is 1. The number of nitrogens with one attached hydrogen (secondary N) is 2. The summed E-state index contributed by atoms with van der Waals surface area (Å²) in [5, 5.41) is 9.46. The van der Waals surface area contributed by atoms with Crippen molar-refractivity contribution in [2.45, 2.75) is 18.2 Å². The van der Waals surface area contributed by atoms with E-state index in [-0.39, 0.29) is 24.2 Å². The summed E-state index contributed by atoms with van der Waals surface area (Å²) in [5.74, 6) is 0.419. The second-order valence-corrected chi connectivity index (χ2v) is 6.98. The SMILES string of the molecule is Cc1ccc(SCCNC(=O)C2CC(=O)N(c3cn[nH]c3)C2)cc1. The fourth-order valence-corrected chi connectivity index (χ4v) is 3.41. The van der Waals surface area contributed by atoms with Gasteiger partial charge in [-0.25, -0.2) is 0 Å². The molecule has 2 amide bonds. The van der Waals surface area contributed by atoms with Crippen molar-refractivity contribution in [2.24, 2.45) is 5.92 Å². The van der Waals surface area contributed by atoms with E-state index in [2.05, 4.69) is 46.7 Å². The molecule has 7 heteroatoms. The number of hydrogen-bond donors (Lipinski definition) is 2. The van der Waals surface area contributed by atoms with E-state index in [4.69, 9.17) is 0 Å². The van der Waals surface area contributed by atoms with Crippen molar-refractivity contribution in [1.82, 2.24) is 15.5 Å². The number of hydrogen-bond acceptors (Lipinski definition) is 4. The Labute approximate surface area is 145 Å². The highest BCUT2D eigenvalue weighted by Crippen LogP contribution is 2.24. The van der Waals surface area contributed by atoms with Crippen LogP contribution in [0.3, 0.4) is 0 Å². The first-order chi connectivity index (χ1) is 11.6. The molecule has 126 valence electrons. The molecule has 1 aliphatic heterocycles. The number of rotatable bonds is 6. The molecular formula is C17H20N4O2S. The molecule has 1 fully saturated rings. The first kappa shape index (κ1) is 16.6. The first-order valence-electron chi connectivity index (χ1n) is 7.90. The molecule has 6 nitrogen and oxygen atoms in total. The molecule has 2 N–H and O–H groups in total. The van der Waals surface area contributed by atoms with Gasteiger partial charge in [0.2, 0.25) is 11.8 Å². The van der Waals surface area contributed by atoms with Crippen molar-refractivity contribution in [1.29, 1.82) is 0 Å². The molecule has 0 radical (unpaired) electrons. The second kappa shape index (κ2) is 7.53. The zero-order valence-electron chi connectivity index (χ0n) is 13.5. The number of benzene rings is 1. The molecule has 0 spiro atoms. The van der Waals surface area contributed by atoms with Gasteiger partial charge < -0.3 is 10.2 Å². The lowest BCUT2D eigenvalue weighted by Crippen LogP contribution is -2.34. The van der Waals surface area contributed by atoms with Gasteiger partial charge in [0.1, 0.15) is 0 Å². The van der Waals surface area contributed by atoms with Crippen molar-refractivity contribution in [3.63, 3.8) is 0 Å². The number of aryl methyl sites for hydroxylation is 1. The smallest absolute Gasteiger partial charge is 0.227 e. The minimum atomic E-state index is -0.295. The summed E-state index contributed by atoms with van der Waals surface area (Å²) in [7, 11) is 0. The Bertz CT molecular complexity index is 700. The average Bonchev–Trinajstić information content (AvgIpc) is 3.22. The van der Waals surface area contributed by atoms with Crippen LogP contribution in [0, 0.1) is 12.8 Å². The van der Waals surface area contributed by atoms with Crippen LogP contribution in [-0.4, -0.2) is 40.9 Å². The zero-order chi connectivity index (χ0) is 16.9. The number of carbonyl (C=O) groups excluding carboxylic acids is 2. The molecule has 2 aromatic rings. The van der Waals surface area contributed by atoms with Gasteiger partial charge in [0, 0.05) is 36.4 Å². The minimum Gasteiger partial charge on any atom is -0.355 e. The molecule has 0 bridgehead atoms. The number of aromatic amines is 1. The summed E-state index contributed by atoms with van der Waals surface area (Å²) in [6, 6.07) is 8.32. The number of thioether (sulfide) groups is 1. The number of aromatic nitrogens is 2. The monoisotopic (exact) mass is 344 g/mol. The van der Waals surface area contributed by atoms with E-state index in [1.807, 2.05) is 0 Å². The summed E-state index contributed by atoms with van der Waals surface area (Å²) in [6.45, 7) is 3.06. The molecule has 0 aliphatic carbocycles. The Balaban J connectivity index is 1.42. The third kappa shape index (κ3) is 3.97. The molecule has 3 rings (SSSR count). The van der Waals surface area contributed by atoms with Crippen molar-refractivity contribution in [3.05, 3.63) is 42.2 Å². The Hall–Kier alpha value is -2.28. The van der Waals surface area contributed by atoms with E-state index in [9.17, 15) is 9.59 Å². The minimum absolute atomic E-state index is 0.0365. The lowest BCUT2D eigenvalue weighted by molar-refractivity contribution is -0.126. The van der Waals surface area contributed by atoms with Crippen LogP contribution < -0.4 is 10.2 Å². The lowest BCUT2D eigenvalue weighted by atomic mass is 10.1. The van der Waals surface area contributed by atoms with Crippen LogP contribution in [0.25, 0.3) is 0 Å². The van der Waals surface area contributed by atoms with Gasteiger partial charge >= 0.3 is 0 Å². The molecule has 1 aromatic carbocycles. The summed E-state index contributed by atoms with van der Waals surface area (Å²) in [4.78, 5) is 27.1. The van der Waals surface area contributed by atoms with Gasteiger partial charge in [-0.15, -0.1) is 11.8 Å². The van der Waals surface area contributed by atoms with Crippen LogP contribution in [0.2, 0.25) is 0 Å². The van der Waals surface area contributed by atoms with Crippen LogP contribution in [0.1, 0.15) is 12.0 Å². The third-order valence-electron chi connectivity index (χ3n) is 3.98. The lowest BCUT2D eigenvalue weighted by Gasteiger charge is -2.14. The molecule has 1 aromatic heterocycles. The summed E-state index contributed by atoms with van der Waals surface area (Å²) in [5.41, 5.74) is 1.95. The highest BCUT2D eigenvalue weighted by atomic mass is 32.2. The van der Waals surface area contributed by atoms with Crippen LogP contribution in [0.5, 0.6) is 0 Å².